The number of nitrogens with two attached hydrogens (primary N) is 1. The van der Waals surface area contributed by atoms with E-state index in [-0.39, 0.29) is 0 Å². The molecule has 2 N–H and O–H groups in total. The number of aryl methyl sites for hydroxylation is 1. The van der Waals surface area contributed by atoms with Crippen LogP contribution < -0.4 is 5.73 Å². The highest BCUT2D eigenvalue weighted by atomic mass is 16.1. The summed E-state index contributed by atoms with van der Waals surface area (Å²) in [6, 6.07) is 8.16. The fourth-order valence-corrected chi connectivity index (χ4v) is 2.52. The van der Waals surface area contributed by atoms with Crippen LogP contribution in [0.3, 0.4) is 0 Å². The first-order valence-corrected chi connectivity index (χ1v) is 5.99. The van der Waals surface area contributed by atoms with E-state index < -0.39 is 5.91 Å². The normalized spacial score (nSPS) is 13.3. The Bertz CT molecular complexity index is 622. The van der Waals surface area contributed by atoms with Gasteiger partial charge in [-0.25, -0.2) is 9.97 Å². The van der Waals surface area contributed by atoms with E-state index in [1.807, 2.05) is 18.2 Å². The van der Waals surface area contributed by atoms with E-state index in [1.165, 1.54) is 11.9 Å². The molecular formula is C14H13N3O. The quantitative estimate of drug-likeness (QED) is 0.824. The smallest absolute Gasteiger partial charge is 0.267 e. The van der Waals surface area contributed by atoms with Gasteiger partial charge < -0.3 is 5.73 Å². The van der Waals surface area contributed by atoms with Crippen LogP contribution in [0.15, 0.2) is 30.6 Å². The summed E-state index contributed by atoms with van der Waals surface area (Å²) in [6.07, 6.45) is 4.19. The summed E-state index contributed by atoms with van der Waals surface area (Å²) in [6.45, 7) is 0. The number of rotatable bonds is 1. The summed E-state index contributed by atoms with van der Waals surface area (Å²) in [4.78, 5) is 19.8. The molecule has 1 amide bonds. The van der Waals surface area contributed by atoms with Gasteiger partial charge in [0.15, 0.2) is 0 Å². The van der Waals surface area contributed by atoms with Crippen LogP contribution in [-0.4, -0.2) is 15.9 Å². The molecule has 1 heterocycles. The Kier molecular flexibility index (Phi) is 2.55. The zero-order chi connectivity index (χ0) is 12.5. The van der Waals surface area contributed by atoms with Crippen LogP contribution in [0.2, 0.25) is 0 Å². The average molecular weight is 239 g/mol. The van der Waals surface area contributed by atoms with Gasteiger partial charge in [-0.15, -0.1) is 0 Å². The number of nitrogens with zero attached hydrogens (tertiary/aromatic N) is 2. The van der Waals surface area contributed by atoms with Crippen molar-refractivity contribution in [1.29, 1.82) is 0 Å². The number of hydrogen-bond acceptors (Lipinski definition) is 3. The van der Waals surface area contributed by atoms with Crippen LogP contribution in [0.4, 0.5) is 0 Å². The third-order valence-corrected chi connectivity index (χ3v) is 3.32. The van der Waals surface area contributed by atoms with E-state index >= 15 is 0 Å². The molecule has 1 aromatic heterocycles. The first-order chi connectivity index (χ1) is 8.77. The minimum Gasteiger partial charge on any atom is -0.364 e. The average Bonchev–Trinajstić information content (AvgIpc) is 2.57. The Morgan fingerprint density at radius 2 is 2.00 bits per heavy atom. The highest BCUT2D eigenvalue weighted by Crippen LogP contribution is 2.31. The minimum absolute atomic E-state index is 0.358. The number of primary amides is 1. The molecule has 0 saturated carbocycles. The topological polar surface area (TPSA) is 68.9 Å². The standard InChI is InChI=1S/C14H13N3O/c15-14(18)13-11-7-3-5-9-4-1-2-6-10(9)12(11)16-8-17-13/h1-2,4,6,8H,3,5,7H2,(H2,15,18). The van der Waals surface area contributed by atoms with Crippen molar-refractivity contribution in [2.75, 3.05) is 0 Å². The van der Waals surface area contributed by atoms with Crippen molar-refractivity contribution < 1.29 is 4.79 Å². The van der Waals surface area contributed by atoms with Crippen LogP contribution in [0.25, 0.3) is 11.3 Å². The molecule has 0 radical (unpaired) electrons. The summed E-state index contributed by atoms with van der Waals surface area (Å²) in [7, 11) is 0. The molecule has 90 valence electrons. The van der Waals surface area contributed by atoms with Crippen molar-refractivity contribution in [3.05, 3.63) is 47.4 Å². The van der Waals surface area contributed by atoms with Gasteiger partial charge in [0.1, 0.15) is 12.0 Å². The molecule has 1 aromatic carbocycles. The van der Waals surface area contributed by atoms with E-state index in [1.54, 1.807) is 0 Å². The van der Waals surface area contributed by atoms with Gasteiger partial charge in [-0.3, -0.25) is 4.79 Å². The number of amides is 1. The van der Waals surface area contributed by atoms with Gasteiger partial charge in [0.2, 0.25) is 0 Å². The summed E-state index contributed by atoms with van der Waals surface area (Å²) >= 11 is 0. The molecule has 3 rings (SSSR count). The Labute approximate surface area is 105 Å². The van der Waals surface area contributed by atoms with E-state index in [2.05, 4.69) is 16.0 Å². The second-order valence-corrected chi connectivity index (χ2v) is 4.42. The Hall–Kier alpha value is -2.23. The van der Waals surface area contributed by atoms with E-state index in [4.69, 9.17) is 5.73 Å². The molecule has 0 saturated heterocycles. The lowest BCUT2D eigenvalue weighted by Crippen LogP contribution is -2.17. The van der Waals surface area contributed by atoms with Crippen molar-refractivity contribution in [2.45, 2.75) is 19.3 Å². The van der Waals surface area contributed by atoms with Crippen molar-refractivity contribution in [3.63, 3.8) is 0 Å². The van der Waals surface area contributed by atoms with Crippen molar-refractivity contribution in [1.82, 2.24) is 9.97 Å². The van der Waals surface area contributed by atoms with E-state index in [0.29, 0.717) is 5.69 Å². The van der Waals surface area contributed by atoms with Crippen LogP contribution in [0.1, 0.15) is 28.0 Å². The number of carbonyl (C=O) groups excluding carboxylic acids is 1. The zero-order valence-corrected chi connectivity index (χ0v) is 9.89. The monoisotopic (exact) mass is 239 g/mol. The third-order valence-electron chi connectivity index (χ3n) is 3.32. The SMILES string of the molecule is NC(=O)c1ncnc2c1CCCc1ccccc1-2. The predicted molar refractivity (Wildman–Crippen MR) is 68.0 cm³/mol. The molecule has 1 aliphatic carbocycles. The summed E-state index contributed by atoms with van der Waals surface area (Å²) in [5.74, 6) is -0.479. The lowest BCUT2D eigenvalue weighted by molar-refractivity contribution is 0.0994. The van der Waals surface area contributed by atoms with Crippen molar-refractivity contribution in [2.24, 2.45) is 5.73 Å². The minimum atomic E-state index is -0.479. The maximum atomic E-state index is 11.4. The number of carbonyl (C=O) groups is 1. The van der Waals surface area contributed by atoms with Gasteiger partial charge in [-0.2, -0.15) is 0 Å². The maximum Gasteiger partial charge on any atom is 0.267 e. The molecule has 0 fully saturated rings. The number of benzene rings is 1. The van der Waals surface area contributed by atoms with Gasteiger partial charge in [-0.05, 0) is 24.8 Å². The summed E-state index contributed by atoms with van der Waals surface area (Å²) < 4.78 is 0. The summed E-state index contributed by atoms with van der Waals surface area (Å²) in [5, 5.41) is 0. The fourth-order valence-electron chi connectivity index (χ4n) is 2.52. The van der Waals surface area contributed by atoms with Gasteiger partial charge in [-0.1, -0.05) is 24.3 Å². The Balaban J connectivity index is 2.28. The van der Waals surface area contributed by atoms with Crippen LogP contribution in [0, 0.1) is 0 Å². The fraction of sp³-hybridized carbons (Fsp3) is 0.214. The highest BCUT2D eigenvalue weighted by Gasteiger charge is 2.20. The lowest BCUT2D eigenvalue weighted by atomic mass is 10.0. The van der Waals surface area contributed by atoms with Crippen LogP contribution in [0.5, 0.6) is 0 Å². The molecule has 0 unspecified atom stereocenters. The van der Waals surface area contributed by atoms with E-state index in [9.17, 15) is 4.79 Å². The molecule has 2 aromatic rings. The first-order valence-electron chi connectivity index (χ1n) is 5.99. The predicted octanol–water partition coefficient (Wildman–Crippen LogP) is 1.73. The highest BCUT2D eigenvalue weighted by molar-refractivity contribution is 5.94. The largest absolute Gasteiger partial charge is 0.364 e. The Morgan fingerprint density at radius 1 is 1.17 bits per heavy atom. The zero-order valence-electron chi connectivity index (χ0n) is 9.89. The number of aromatic nitrogens is 2. The van der Waals surface area contributed by atoms with Gasteiger partial charge >= 0.3 is 0 Å². The molecule has 4 heteroatoms. The molecule has 0 spiro atoms. The number of hydrogen-bond donors (Lipinski definition) is 1. The summed E-state index contributed by atoms with van der Waals surface area (Å²) in [5.41, 5.74) is 9.84. The Morgan fingerprint density at radius 3 is 2.83 bits per heavy atom. The molecule has 0 bridgehead atoms. The van der Waals surface area contributed by atoms with Gasteiger partial charge in [0.05, 0.1) is 5.69 Å². The number of fused-ring (bicyclic) bond motifs is 3. The van der Waals surface area contributed by atoms with Crippen LogP contribution >= 0.6 is 0 Å². The molecule has 0 atom stereocenters. The second kappa shape index (κ2) is 4.22. The molecular weight excluding hydrogens is 226 g/mol. The van der Waals surface area contributed by atoms with Gasteiger partial charge in [0.25, 0.3) is 5.91 Å². The molecule has 1 aliphatic rings. The van der Waals surface area contributed by atoms with Crippen molar-refractivity contribution >= 4 is 5.91 Å². The van der Waals surface area contributed by atoms with E-state index in [0.717, 1.165) is 36.1 Å². The third kappa shape index (κ3) is 1.66. The van der Waals surface area contributed by atoms with Gasteiger partial charge in [0, 0.05) is 11.1 Å². The molecule has 18 heavy (non-hydrogen) atoms. The van der Waals surface area contributed by atoms with Crippen LogP contribution in [-0.2, 0) is 12.8 Å². The first kappa shape index (κ1) is 10.9. The second-order valence-electron chi connectivity index (χ2n) is 4.42. The maximum absolute atomic E-state index is 11.4. The van der Waals surface area contributed by atoms with Crippen molar-refractivity contribution in [3.8, 4) is 11.3 Å². The molecule has 0 aliphatic heterocycles. The lowest BCUT2D eigenvalue weighted by Gasteiger charge is -2.09. The molecule has 4 nitrogen and oxygen atoms in total.